The van der Waals surface area contributed by atoms with Gasteiger partial charge in [-0.1, -0.05) is 0 Å². The molecule has 0 aromatic carbocycles. The molecular weight excluding hydrogens is 368 g/mol. The number of rotatable bonds is 6. The molecule has 0 bridgehead atoms. The minimum Gasteiger partial charge on any atom is -0.369 e. The fourth-order valence-corrected chi connectivity index (χ4v) is 3.40. The van der Waals surface area contributed by atoms with E-state index < -0.39 is 0 Å². The molecule has 1 saturated heterocycles. The third kappa shape index (κ3) is 4.64. The summed E-state index contributed by atoms with van der Waals surface area (Å²) in [5.41, 5.74) is 1.16. The van der Waals surface area contributed by atoms with Crippen LogP contribution < -0.4 is 10.2 Å². The Kier molecular flexibility index (Phi) is 5.98. The number of hydrogen-bond acceptors (Lipinski definition) is 6. The third-order valence-electron chi connectivity index (χ3n) is 4.13. The maximum Gasteiger partial charge on any atom is 0.225 e. The lowest BCUT2D eigenvalue weighted by Gasteiger charge is -2.34. The van der Waals surface area contributed by atoms with Gasteiger partial charge in [-0.25, -0.2) is 15.0 Å². The molecule has 0 aliphatic carbocycles. The predicted octanol–water partition coefficient (Wildman–Crippen LogP) is 2.57. The largest absolute Gasteiger partial charge is 0.369 e. The van der Waals surface area contributed by atoms with Crippen LogP contribution in [0.4, 0.5) is 11.8 Å². The first-order valence-corrected chi connectivity index (χ1v) is 9.12. The Morgan fingerprint density at radius 2 is 1.88 bits per heavy atom. The third-order valence-corrected chi connectivity index (χ3v) is 4.73. The number of nitrogens with zero attached hydrogens (tertiary/aromatic N) is 5. The Bertz CT molecular complexity index is 643. The normalized spacial score (nSPS) is 15.5. The molecule has 3 heterocycles. The minimum absolute atomic E-state index is 0.842. The van der Waals surface area contributed by atoms with Crippen LogP contribution in [0.5, 0.6) is 0 Å². The number of halogens is 1. The van der Waals surface area contributed by atoms with Crippen molar-refractivity contribution in [2.24, 2.45) is 0 Å². The summed E-state index contributed by atoms with van der Waals surface area (Å²) in [7, 11) is 0. The molecule has 2 aromatic heterocycles. The Labute approximate surface area is 151 Å². The average Bonchev–Trinajstić information content (AvgIpc) is 2.61. The first-order chi connectivity index (χ1) is 11.7. The second kappa shape index (κ2) is 8.39. The lowest BCUT2D eigenvalue weighted by Crippen LogP contribution is -2.47. The van der Waals surface area contributed by atoms with E-state index in [2.05, 4.69) is 52.1 Å². The number of anilines is 2. The Morgan fingerprint density at radius 3 is 2.58 bits per heavy atom. The lowest BCUT2D eigenvalue weighted by molar-refractivity contribution is 0.256. The summed E-state index contributed by atoms with van der Waals surface area (Å²) in [5, 5.41) is 3.40. The van der Waals surface area contributed by atoms with Crippen LogP contribution in [-0.2, 0) is 0 Å². The van der Waals surface area contributed by atoms with Gasteiger partial charge in [-0.2, -0.15) is 0 Å². The van der Waals surface area contributed by atoms with Gasteiger partial charge in [0.15, 0.2) is 0 Å². The Morgan fingerprint density at radius 1 is 1.12 bits per heavy atom. The smallest absolute Gasteiger partial charge is 0.225 e. The van der Waals surface area contributed by atoms with E-state index in [1.54, 1.807) is 12.4 Å². The number of aromatic nitrogens is 3. The summed E-state index contributed by atoms with van der Waals surface area (Å²) < 4.78 is 1.03. The maximum absolute atomic E-state index is 4.41. The molecule has 0 amide bonds. The quantitative estimate of drug-likeness (QED) is 0.764. The van der Waals surface area contributed by atoms with E-state index in [-0.39, 0.29) is 0 Å². The van der Waals surface area contributed by atoms with Gasteiger partial charge in [0.1, 0.15) is 5.82 Å². The van der Waals surface area contributed by atoms with E-state index in [1.807, 2.05) is 19.2 Å². The van der Waals surface area contributed by atoms with E-state index in [0.717, 1.165) is 67.5 Å². The topological polar surface area (TPSA) is 57.2 Å². The monoisotopic (exact) mass is 390 g/mol. The SMILES string of the molecule is Cc1cnc(NCCCN2CCN(c3ncccn3)CC2)c(Br)c1. The molecule has 3 rings (SSSR count). The first-order valence-electron chi connectivity index (χ1n) is 8.33. The summed E-state index contributed by atoms with van der Waals surface area (Å²) in [4.78, 5) is 17.8. The van der Waals surface area contributed by atoms with Gasteiger partial charge in [0.25, 0.3) is 0 Å². The zero-order valence-electron chi connectivity index (χ0n) is 14.0. The highest BCUT2D eigenvalue weighted by molar-refractivity contribution is 9.10. The highest BCUT2D eigenvalue weighted by Crippen LogP contribution is 2.20. The highest BCUT2D eigenvalue weighted by atomic mass is 79.9. The molecule has 0 saturated carbocycles. The van der Waals surface area contributed by atoms with Crippen LogP contribution in [0.1, 0.15) is 12.0 Å². The van der Waals surface area contributed by atoms with Crippen molar-refractivity contribution in [3.63, 3.8) is 0 Å². The molecule has 7 heteroatoms. The van der Waals surface area contributed by atoms with Crippen LogP contribution in [0.3, 0.4) is 0 Å². The summed E-state index contributed by atoms with van der Waals surface area (Å²) in [6.45, 7) is 8.17. The number of aryl methyl sites for hydroxylation is 1. The van der Waals surface area contributed by atoms with E-state index >= 15 is 0 Å². The summed E-state index contributed by atoms with van der Waals surface area (Å²) in [6.07, 6.45) is 6.59. The second-order valence-corrected chi connectivity index (χ2v) is 6.86. The van der Waals surface area contributed by atoms with Crippen molar-refractivity contribution in [2.45, 2.75) is 13.3 Å². The van der Waals surface area contributed by atoms with Gasteiger partial charge in [-0.15, -0.1) is 0 Å². The average molecular weight is 391 g/mol. The molecule has 1 N–H and O–H groups in total. The summed E-state index contributed by atoms with van der Waals surface area (Å²) >= 11 is 3.55. The van der Waals surface area contributed by atoms with Crippen molar-refractivity contribution in [3.05, 3.63) is 40.8 Å². The van der Waals surface area contributed by atoms with Crippen LogP contribution in [0, 0.1) is 6.92 Å². The predicted molar refractivity (Wildman–Crippen MR) is 100 cm³/mol. The minimum atomic E-state index is 0.842. The number of pyridine rings is 1. The molecule has 0 atom stereocenters. The van der Waals surface area contributed by atoms with Crippen molar-refractivity contribution >= 4 is 27.7 Å². The van der Waals surface area contributed by atoms with Crippen LogP contribution in [0.2, 0.25) is 0 Å². The lowest BCUT2D eigenvalue weighted by atomic mass is 10.3. The summed E-state index contributed by atoms with van der Waals surface area (Å²) in [5.74, 6) is 1.76. The number of piperazine rings is 1. The van der Waals surface area contributed by atoms with Crippen molar-refractivity contribution in [3.8, 4) is 0 Å². The van der Waals surface area contributed by atoms with Crippen LogP contribution in [0.15, 0.2) is 35.2 Å². The van der Waals surface area contributed by atoms with E-state index in [1.165, 1.54) is 0 Å². The van der Waals surface area contributed by atoms with E-state index in [9.17, 15) is 0 Å². The zero-order valence-corrected chi connectivity index (χ0v) is 15.5. The second-order valence-electron chi connectivity index (χ2n) is 6.00. The van der Waals surface area contributed by atoms with Gasteiger partial charge >= 0.3 is 0 Å². The maximum atomic E-state index is 4.41. The number of nitrogens with one attached hydrogen (secondary N) is 1. The van der Waals surface area contributed by atoms with Crippen LogP contribution in [-0.4, -0.2) is 59.1 Å². The molecule has 2 aromatic rings. The molecule has 24 heavy (non-hydrogen) atoms. The van der Waals surface area contributed by atoms with Crippen molar-refractivity contribution in [1.29, 1.82) is 0 Å². The van der Waals surface area contributed by atoms with Gasteiger partial charge in [-0.3, -0.25) is 4.90 Å². The van der Waals surface area contributed by atoms with Gasteiger partial charge in [0, 0.05) is 51.3 Å². The van der Waals surface area contributed by atoms with Crippen molar-refractivity contribution in [2.75, 3.05) is 49.5 Å². The summed E-state index contributed by atoms with van der Waals surface area (Å²) in [6, 6.07) is 3.94. The molecule has 128 valence electrons. The van der Waals surface area contributed by atoms with E-state index in [0.29, 0.717) is 0 Å². The highest BCUT2D eigenvalue weighted by Gasteiger charge is 2.18. The fraction of sp³-hybridized carbons (Fsp3) is 0.471. The Hall–Kier alpha value is -1.73. The number of hydrogen-bond donors (Lipinski definition) is 1. The van der Waals surface area contributed by atoms with Gasteiger partial charge in [0.05, 0.1) is 4.47 Å². The molecule has 0 radical (unpaired) electrons. The van der Waals surface area contributed by atoms with Crippen molar-refractivity contribution in [1.82, 2.24) is 19.9 Å². The molecule has 0 unspecified atom stereocenters. The van der Waals surface area contributed by atoms with Gasteiger partial charge < -0.3 is 10.2 Å². The van der Waals surface area contributed by atoms with E-state index in [4.69, 9.17) is 0 Å². The van der Waals surface area contributed by atoms with Gasteiger partial charge in [-0.05, 0) is 53.5 Å². The van der Waals surface area contributed by atoms with Crippen LogP contribution >= 0.6 is 15.9 Å². The standard InChI is InChI=1S/C17H23BrN6/c1-14-12-15(18)16(22-13-14)19-6-3-7-23-8-10-24(11-9-23)17-20-4-2-5-21-17/h2,4-5,12-13H,3,6-11H2,1H3,(H,19,22). The molecule has 1 fully saturated rings. The molecular formula is C17H23BrN6. The van der Waals surface area contributed by atoms with Crippen molar-refractivity contribution < 1.29 is 0 Å². The van der Waals surface area contributed by atoms with Crippen LogP contribution in [0.25, 0.3) is 0 Å². The Balaban J connectivity index is 1.36. The first kappa shape index (κ1) is 17.1. The zero-order chi connectivity index (χ0) is 16.8. The molecule has 1 aliphatic heterocycles. The van der Waals surface area contributed by atoms with Gasteiger partial charge in [0.2, 0.25) is 5.95 Å². The molecule has 0 spiro atoms. The fourth-order valence-electron chi connectivity index (χ4n) is 2.80. The molecule has 1 aliphatic rings. The molecule has 6 nitrogen and oxygen atoms in total.